The van der Waals surface area contributed by atoms with E-state index in [2.05, 4.69) is 0 Å². The van der Waals surface area contributed by atoms with Crippen LogP contribution < -0.4 is 0 Å². The summed E-state index contributed by atoms with van der Waals surface area (Å²) in [6, 6.07) is 0. The molecule has 2 N–H and O–H groups in total. The second-order valence-corrected chi connectivity index (χ2v) is 6.57. The zero-order chi connectivity index (χ0) is 23.4. The third-order valence-electron chi connectivity index (χ3n) is 3.70. The van der Waals surface area contributed by atoms with Gasteiger partial charge in [-0.05, 0) is 32.6 Å². The van der Waals surface area contributed by atoms with Gasteiger partial charge in [0.15, 0.2) is 0 Å². The van der Waals surface area contributed by atoms with Crippen molar-refractivity contribution in [3.63, 3.8) is 0 Å². The van der Waals surface area contributed by atoms with Crippen molar-refractivity contribution in [2.45, 2.75) is 63.8 Å². The van der Waals surface area contributed by atoms with Crippen molar-refractivity contribution >= 4 is 5.97 Å². The van der Waals surface area contributed by atoms with E-state index in [0.29, 0.717) is 38.7 Å². The zero-order valence-electron chi connectivity index (χ0n) is 17.9. The van der Waals surface area contributed by atoms with Crippen molar-refractivity contribution in [2.24, 2.45) is 0 Å². The Bertz CT molecular complexity index is 644. The summed E-state index contributed by atoms with van der Waals surface area (Å²) in [6.45, 7) is 2.14. The molecule has 0 heterocycles. The molecule has 0 rings (SSSR count). The van der Waals surface area contributed by atoms with Crippen molar-refractivity contribution in [1.82, 2.24) is 0 Å². The molecule has 0 aromatic carbocycles. The fourth-order valence-corrected chi connectivity index (χ4v) is 2.18. The van der Waals surface area contributed by atoms with Crippen LogP contribution in [0.15, 0.2) is 72.9 Å². The SMILES string of the molecule is CCOC(=O)CC/C=C\C[C@@H](O)/C=C/C=C/C=C\[C@@H](O)C/C=C\C/C=C\CC(F)(F)F. The van der Waals surface area contributed by atoms with Gasteiger partial charge in [0.1, 0.15) is 0 Å². The average molecular weight is 443 g/mol. The van der Waals surface area contributed by atoms with Gasteiger partial charge in [-0.25, -0.2) is 0 Å². The summed E-state index contributed by atoms with van der Waals surface area (Å²) in [4.78, 5) is 11.2. The van der Waals surface area contributed by atoms with E-state index < -0.39 is 24.8 Å². The molecule has 0 saturated heterocycles. The summed E-state index contributed by atoms with van der Waals surface area (Å²) >= 11 is 0. The fourth-order valence-electron chi connectivity index (χ4n) is 2.18. The van der Waals surface area contributed by atoms with Crippen LogP contribution in [0, 0.1) is 0 Å². The Morgan fingerprint density at radius 3 is 1.97 bits per heavy atom. The largest absolute Gasteiger partial charge is 0.466 e. The molecule has 174 valence electrons. The number of rotatable bonds is 15. The highest BCUT2D eigenvalue weighted by Gasteiger charge is 2.24. The number of carbonyl (C=O) groups excluding carboxylic acids is 1. The highest BCUT2D eigenvalue weighted by molar-refractivity contribution is 5.69. The van der Waals surface area contributed by atoms with Crippen LogP contribution in [0.4, 0.5) is 13.2 Å². The second kappa shape index (κ2) is 18.4. The number of halogens is 3. The van der Waals surface area contributed by atoms with Gasteiger partial charge in [-0.1, -0.05) is 72.9 Å². The molecule has 0 amide bonds. The third-order valence-corrected chi connectivity index (χ3v) is 3.70. The van der Waals surface area contributed by atoms with Crippen LogP contribution in [0.1, 0.15) is 45.4 Å². The molecule has 0 aromatic heterocycles. The van der Waals surface area contributed by atoms with Crippen molar-refractivity contribution in [2.75, 3.05) is 6.61 Å². The first-order chi connectivity index (χ1) is 14.7. The smallest absolute Gasteiger partial charge is 0.392 e. The topological polar surface area (TPSA) is 66.8 Å². The monoisotopic (exact) mass is 442 g/mol. The number of alkyl halides is 3. The number of hydrogen-bond donors (Lipinski definition) is 2. The molecule has 0 aliphatic heterocycles. The van der Waals surface area contributed by atoms with Crippen molar-refractivity contribution in [3.8, 4) is 0 Å². The number of aliphatic hydroxyl groups excluding tert-OH is 2. The minimum atomic E-state index is -4.18. The fraction of sp³-hybridized carbons (Fsp3) is 0.458. The van der Waals surface area contributed by atoms with E-state index in [1.54, 1.807) is 55.5 Å². The number of allylic oxidation sites excluding steroid dienone is 8. The maximum absolute atomic E-state index is 11.9. The zero-order valence-corrected chi connectivity index (χ0v) is 17.9. The number of ether oxygens (including phenoxy) is 1. The van der Waals surface area contributed by atoms with Crippen molar-refractivity contribution < 1.29 is 32.9 Å². The van der Waals surface area contributed by atoms with Crippen LogP contribution in [-0.2, 0) is 9.53 Å². The molecule has 7 heteroatoms. The van der Waals surface area contributed by atoms with Gasteiger partial charge in [0.05, 0.1) is 25.2 Å². The molecule has 0 aliphatic carbocycles. The first-order valence-electron chi connectivity index (χ1n) is 10.3. The van der Waals surface area contributed by atoms with E-state index in [0.717, 1.165) is 6.08 Å². The van der Waals surface area contributed by atoms with Crippen LogP contribution in [0.2, 0.25) is 0 Å². The molecule has 31 heavy (non-hydrogen) atoms. The highest BCUT2D eigenvalue weighted by Crippen LogP contribution is 2.19. The van der Waals surface area contributed by atoms with E-state index in [-0.39, 0.29) is 5.97 Å². The molecule has 0 fully saturated rings. The summed E-state index contributed by atoms with van der Waals surface area (Å²) in [5.41, 5.74) is 0. The predicted molar refractivity (Wildman–Crippen MR) is 117 cm³/mol. The Kier molecular flexibility index (Phi) is 17.0. The van der Waals surface area contributed by atoms with Crippen LogP contribution in [-0.4, -0.2) is 41.2 Å². The summed E-state index contributed by atoms with van der Waals surface area (Å²) in [5, 5.41) is 19.6. The number of esters is 1. The molecule has 0 saturated carbocycles. The van der Waals surface area contributed by atoms with E-state index in [1.165, 1.54) is 6.08 Å². The average Bonchev–Trinajstić information content (AvgIpc) is 2.69. The van der Waals surface area contributed by atoms with Crippen LogP contribution in [0.5, 0.6) is 0 Å². The Balaban J connectivity index is 3.95. The summed E-state index contributed by atoms with van der Waals surface area (Å²) in [5.74, 6) is -0.232. The summed E-state index contributed by atoms with van der Waals surface area (Å²) in [7, 11) is 0. The normalized spacial score (nSPS) is 15.4. The van der Waals surface area contributed by atoms with Gasteiger partial charge in [0.25, 0.3) is 0 Å². The maximum atomic E-state index is 11.9. The van der Waals surface area contributed by atoms with Gasteiger partial charge in [0, 0.05) is 6.42 Å². The molecule has 0 radical (unpaired) electrons. The first-order valence-corrected chi connectivity index (χ1v) is 10.3. The minimum absolute atomic E-state index is 0.232. The standard InChI is InChI=1S/C24H33F3O4/c1-2-31-23(30)19-13-8-12-18-22(29)17-11-6-5-10-16-21(28)15-9-4-3-7-14-20-24(25,26)27/h4-12,14,16-17,21-22,28-29H,2-3,13,15,18-20H2,1H3/b6-5+,9-4-,12-8-,14-7-,16-10-,17-11+/t21-,22-/m0/s1. The van der Waals surface area contributed by atoms with Crippen LogP contribution in [0.3, 0.4) is 0 Å². The first kappa shape index (κ1) is 28.6. The molecule has 0 aliphatic rings. The van der Waals surface area contributed by atoms with Gasteiger partial charge in [-0.15, -0.1) is 0 Å². The molecular formula is C24H33F3O4. The van der Waals surface area contributed by atoms with Gasteiger partial charge >= 0.3 is 12.1 Å². The number of hydrogen-bond acceptors (Lipinski definition) is 4. The molecule has 2 atom stereocenters. The number of aliphatic hydroxyl groups is 2. The lowest BCUT2D eigenvalue weighted by molar-refractivity contribution is -0.143. The summed E-state index contributed by atoms with van der Waals surface area (Å²) in [6.07, 6.45) is 15.3. The minimum Gasteiger partial charge on any atom is -0.466 e. The Morgan fingerprint density at radius 2 is 1.42 bits per heavy atom. The highest BCUT2D eigenvalue weighted by atomic mass is 19.4. The van der Waals surface area contributed by atoms with Gasteiger partial charge in [-0.3, -0.25) is 4.79 Å². The maximum Gasteiger partial charge on any atom is 0.392 e. The Labute approximate surface area is 182 Å². The number of carbonyl (C=O) groups is 1. The van der Waals surface area contributed by atoms with E-state index in [1.807, 2.05) is 12.2 Å². The van der Waals surface area contributed by atoms with Gasteiger partial charge in [-0.2, -0.15) is 13.2 Å². The summed E-state index contributed by atoms with van der Waals surface area (Å²) < 4.78 is 40.6. The molecule has 0 unspecified atom stereocenters. The molecular weight excluding hydrogens is 409 g/mol. The third kappa shape index (κ3) is 22.1. The molecule has 4 nitrogen and oxygen atoms in total. The van der Waals surface area contributed by atoms with E-state index in [4.69, 9.17) is 4.74 Å². The van der Waals surface area contributed by atoms with Crippen molar-refractivity contribution in [1.29, 1.82) is 0 Å². The Hall–Kier alpha value is -2.38. The van der Waals surface area contributed by atoms with Gasteiger partial charge in [0.2, 0.25) is 0 Å². The van der Waals surface area contributed by atoms with Gasteiger partial charge < -0.3 is 14.9 Å². The molecule has 0 spiro atoms. The lowest BCUT2D eigenvalue weighted by atomic mass is 10.2. The lowest BCUT2D eigenvalue weighted by Crippen LogP contribution is -2.03. The quantitative estimate of drug-likeness (QED) is 0.199. The van der Waals surface area contributed by atoms with E-state index in [9.17, 15) is 28.2 Å². The predicted octanol–water partition coefficient (Wildman–Crippen LogP) is 5.51. The molecule has 0 bridgehead atoms. The van der Waals surface area contributed by atoms with E-state index >= 15 is 0 Å². The lowest BCUT2D eigenvalue weighted by Gasteiger charge is -2.00. The van der Waals surface area contributed by atoms with Crippen LogP contribution >= 0.6 is 0 Å². The second-order valence-electron chi connectivity index (χ2n) is 6.57. The van der Waals surface area contributed by atoms with Crippen molar-refractivity contribution in [3.05, 3.63) is 72.9 Å². The Morgan fingerprint density at radius 1 is 0.871 bits per heavy atom. The molecule has 0 aromatic rings. The van der Waals surface area contributed by atoms with Crippen LogP contribution in [0.25, 0.3) is 0 Å².